The predicted octanol–water partition coefficient (Wildman–Crippen LogP) is 3.38. The van der Waals surface area contributed by atoms with Gasteiger partial charge in [-0.2, -0.15) is 13.2 Å². The van der Waals surface area contributed by atoms with Gasteiger partial charge in [-0.3, -0.25) is 0 Å². The summed E-state index contributed by atoms with van der Waals surface area (Å²) in [4.78, 5) is 5.99. The maximum absolute atomic E-state index is 12.5. The van der Waals surface area contributed by atoms with Gasteiger partial charge in [0.15, 0.2) is 5.13 Å². The fourth-order valence-corrected chi connectivity index (χ4v) is 2.21. The Morgan fingerprint density at radius 3 is 2.50 bits per heavy atom. The smallest absolute Gasteiger partial charge is 0.354 e. The number of nitrogens with zero attached hydrogens (tertiary/aromatic N) is 2. The number of rotatable bonds is 1. The van der Waals surface area contributed by atoms with Crippen LogP contribution in [0.2, 0.25) is 0 Å². The molecule has 2 rings (SSSR count). The van der Waals surface area contributed by atoms with E-state index in [-0.39, 0.29) is 0 Å². The minimum atomic E-state index is -4.30. The van der Waals surface area contributed by atoms with Crippen molar-refractivity contribution in [2.45, 2.75) is 6.18 Å². The first-order chi connectivity index (χ1) is 7.38. The Morgan fingerprint density at radius 1 is 1.25 bits per heavy atom. The molecule has 1 aromatic heterocycles. The van der Waals surface area contributed by atoms with Crippen molar-refractivity contribution in [2.75, 3.05) is 19.0 Å². The molecule has 1 heterocycles. The van der Waals surface area contributed by atoms with Crippen molar-refractivity contribution in [3.63, 3.8) is 0 Å². The Morgan fingerprint density at radius 2 is 1.94 bits per heavy atom. The molecule has 0 aliphatic rings. The average molecular weight is 246 g/mol. The molecule has 1 aromatic carbocycles. The molecule has 0 saturated heterocycles. The second kappa shape index (κ2) is 3.62. The summed E-state index contributed by atoms with van der Waals surface area (Å²) >= 11 is 1.25. The number of benzene rings is 1. The lowest BCUT2D eigenvalue weighted by molar-refractivity contribution is -0.137. The number of aromatic nitrogens is 1. The summed E-state index contributed by atoms with van der Waals surface area (Å²) in [5, 5.41) is 0.703. The van der Waals surface area contributed by atoms with Gasteiger partial charge in [0.05, 0.1) is 15.8 Å². The van der Waals surface area contributed by atoms with Gasteiger partial charge in [0.2, 0.25) is 0 Å². The van der Waals surface area contributed by atoms with Crippen molar-refractivity contribution >= 4 is 26.7 Å². The summed E-state index contributed by atoms with van der Waals surface area (Å²) in [6.45, 7) is 0. The normalized spacial score (nSPS) is 12.1. The highest BCUT2D eigenvalue weighted by Crippen LogP contribution is 2.34. The second-order valence-electron chi connectivity index (χ2n) is 3.57. The Balaban J connectivity index is 2.54. The highest BCUT2D eigenvalue weighted by Gasteiger charge is 2.30. The van der Waals surface area contributed by atoms with Crippen LogP contribution in [-0.4, -0.2) is 19.1 Å². The number of hydrogen-bond acceptors (Lipinski definition) is 3. The number of anilines is 1. The van der Waals surface area contributed by atoms with Crippen LogP contribution in [0, 0.1) is 0 Å². The van der Waals surface area contributed by atoms with Crippen molar-refractivity contribution < 1.29 is 13.2 Å². The topological polar surface area (TPSA) is 16.1 Å². The van der Waals surface area contributed by atoms with Crippen molar-refractivity contribution in [3.05, 3.63) is 23.8 Å². The molecule has 0 spiro atoms. The summed E-state index contributed by atoms with van der Waals surface area (Å²) in [7, 11) is 3.62. The van der Waals surface area contributed by atoms with Crippen LogP contribution in [0.15, 0.2) is 18.2 Å². The fourth-order valence-electron chi connectivity index (χ4n) is 1.28. The lowest BCUT2D eigenvalue weighted by Gasteiger charge is -2.05. The lowest BCUT2D eigenvalue weighted by Crippen LogP contribution is -2.07. The van der Waals surface area contributed by atoms with Gasteiger partial charge in [-0.25, -0.2) is 4.98 Å². The summed E-state index contributed by atoms with van der Waals surface area (Å²) in [5.41, 5.74) is -0.0318. The molecule has 0 aliphatic carbocycles. The van der Waals surface area contributed by atoms with Crippen LogP contribution in [0.25, 0.3) is 10.2 Å². The van der Waals surface area contributed by atoms with Crippen LogP contribution >= 0.6 is 11.3 Å². The molecule has 86 valence electrons. The van der Waals surface area contributed by atoms with Crippen LogP contribution in [0.4, 0.5) is 18.3 Å². The second-order valence-corrected chi connectivity index (χ2v) is 4.58. The number of fused-ring (bicyclic) bond motifs is 1. The van der Waals surface area contributed by atoms with Gasteiger partial charge in [0.1, 0.15) is 0 Å². The van der Waals surface area contributed by atoms with Crippen LogP contribution in [0.1, 0.15) is 5.56 Å². The zero-order chi connectivity index (χ0) is 11.9. The van der Waals surface area contributed by atoms with Crippen molar-refractivity contribution in [1.82, 2.24) is 4.98 Å². The Hall–Kier alpha value is -1.30. The average Bonchev–Trinajstić information content (AvgIpc) is 2.58. The van der Waals surface area contributed by atoms with Gasteiger partial charge in [-0.05, 0) is 18.2 Å². The van der Waals surface area contributed by atoms with E-state index in [1.807, 2.05) is 14.1 Å². The first kappa shape index (κ1) is 11.2. The van der Waals surface area contributed by atoms with E-state index in [2.05, 4.69) is 4.98 Å². The molecule has 16 heavy (non-hydrogen) atoms. The van der Waals surface area contributed by atoms with E-state index in [9.17, 15) is 13.2 Å². The molecular formula is C10H9F3N2S. The van der Waals surface area contributed by atoms with E-state index < -0.39 is 11.7 Å². The highest BCUT2D eigenvalue weighted by molar-refractivity contribution is 7.22. The first-order valence-electron chi connectivity index (χ1n) is 4.53. The largest absolute Gasteiger partial charge is 0.416 e. The van der Waals surface area contributed by atoms with Gasteiger partial charge < -0.3 is 4.90 Å². The van der Waals surface area contributed by atoms with Gasteiger partial charge in [0, 0.05) is 14.1 Å². The van der Waals surface area contributed by atoms with Crippen molar-refractivity contribution in [1.29, 1.82) is 0 Å². The van der Waals surface area contributed by atoms with E-state index in [1.165, 1.54) is 17.4 Å². The zero-order valence-electron chi connectivity index (χ0n) is 8.67. The fraction of sp³-hybridized carbons (Fsp3) is 0.300. The molecule has 0 unspecified atom stereocenters. The van der Waals surface area contributed by atoms with Crippen molar-refractivity contribution in [2.24, 2.45) is 0 Å². The SMILES string of the molecule is CN(C)c1nc2ccc(C(F)(F)F)cc2s1. The van der Waals surface area contributed by atoms with E-state index in [4.69, 9.17) is 0 Å². The molecule has 0 saturated carbocycles. The van der Waals surface area contributed by atoms with Gasteiger partial charge >= 0.3 is 6.18 Å². The Kier molecular flexibility index (Phi) is 2.53. The van der Waals surface area contributed by atoms with Crippen LogP contribution in [0.5, 0.6) is 0 Å². The molecule has 2 nitrogen and oxygen atoms in total. The number of hydrogen-bond donors (Lipinski definition) is 0. The minimum absolute atomic E-state index is 0.554. The highest BCUT2D eigenvalue weighted by atomic mass is 32.1. The number of thiazole rings is 1. The summed E-state index contributed by atoms with van der Waals surface area (Å²) in [6.07, 6.45) is -4.30. The van der Waals surface area contributed by atoms with Gasteiger partial charge in [0.25, 0.3) is 0 Å². The summed E-state index contributed by atoms with van der Waals surface area (Å²) in [5.74, 6) is 0. The molecule has 0 N–H and O–H groups in total. The maximum atomic E-state index is 12.5. The molecular weight excluding hydrogens is 237 g/mol. The van der Waals surface area contributed by atoms with E-state index in [0.29, 0.717) is 15.3 Å². The Bertz CT molecular complexity index is 516. The van der Waals surface area contributed by atoms with E-state index in [1.54, 1.807) is 4.90 Å². The quantitative estimate of drug-likeness (QED) is 0.766. The predicted molar refractivity (Wildman–Crippen MR) is 58.9 cm³/mol. The van der Waals surface area contributed by atoms with E-state index in [0.717, 1.165) is 12.1 Å². The molecule has 0 radical (unpaired) electrons. The molecule has 0 fully saturated rings. The van der Waals surface area contributed by atoms with E-state index >= 15 is 0 Å². The molecule has 0 bridgehead atoms. The third kappa shape index (κ3) is 1.97. The van der Waals surface area contributed by atoms with Crippen LogP contribution in [0.3, 0.4) is 0 Å². The summed E-state index contributed by atoms with van der Waals surface area (Å²) < 4.78 is 37.9. The molecule has 6 heteroatoms. The zero-order valence-corrected chi connectivity index (χ0v) is 9.49. The van der Waals surface area contributed by atoms with Crippen molar-refractivity contribution in [3.8, 4) is 0 Å². The lowest BCUT2D eigenvalue weighted by atomic mass is 10.2. The minimum Gasteiger partial charge on any atom is -0.354 e. The number of alkyl halides is 3. The standard InChI is InChI=1S/C10H9F3N2S/c1-15(2)9-14-7-4-3-6(10(11,12)13)5-8(7)16-9/h3-5H,1-2H3. The number of halogens is 3. The van der Waals surface area contributed by atoms with Crippen LogP contribution in [-0.2, 0) is 6.18 Å². The molecule has 0 amide bonds. The maximum Gasteiger partial charge on any atom is 0.416 e. The molecule has 0 atom stereocenters. The molecule has 2 aromatic rings. The van der Waals surface area contributed by atoms with Crippen LogP contribution < -0.4 is 4.90 Å². The Labute approximate surface area is 94.3 Å². The first-order valence-corrected chi connectivity index (χ1v) is 5.34. The third-order valence-electron chi connectivity index (χ3n) is 2.09. The van der Waals surface area contributed by atoms with Gasteiger partial charge in [-0.15, -0.1) is 0 Å². The summed E-state index contributed by atoms with van der Waals surface area (Å²) in [6, 6.07) is 3.60. The molecule has 0 aliphatic heterocycles. The third-order valence-corrected chi connectivity index (χ3v) is 3.27. The monoisotopic (exact) mass is 246 g/mol. The van der Waals surface area contributed by atoms with Gasteiger partial charge in [-0.1, -0.05) is 11.3 Å².